The van der Waals surface area contributed by atoms with Crippen LogP contribution in [0.25, 0.3) is 16.9 Å². The number of carbonyl (C=O) groups excluding carboxylic acids is 1. The first-order valence-electron chi connectivity index (χ1n) is 8.19. The molecule has 1 aliphatic rings. The number of hydrogen-bond donors (Lipinski definition) is 1. The van der Waals surface area contributed by atoms with E-state index >= 15 is 0 Å². The molecule has 0 bridgehead atoms. The molecule has 0 radical (unpaired) electrons. The van der Waals surface area contributed by atoms with Gasteiger partial charge in [-0.05, 0) is 42.7 Å². The molecule has 1 aliphatic heterocycles. The number of pyridine rings is 1. The van der Waals surface area contributed by atoms with Crippen LogP contribution in [0.5, 0.6) is 5.75 Å². The normalized spacial score (nSPS) is 13.1. The highest BCUT2D eigenvalue weighted by Gasteiger charge is 2.24. The zero-order valence-corrected chi connectivity index (χ0v) is 15.9. The smallest absolute Gasteiger partial charge is 0.224 e. The quantitative estimate of drug-likeness (QED) is 0.720. The Morgan fingerprint density at radius 1 is 1.24 bits per heavy atom. The molecule has 0 unspecified atom stereocenters. The van der Waals surface area contributed by atoms with Gasteiger partial charge in [0, 0.05) is 18.2 Å². The van der Waals surface area contributed by atoms with Crippen molar-refractivity contribution in [2.75, 3.05) is 12.4 Å². The molecule has 6 heteroatoms. The summed E-state index contributed by atoms with van der Waals surface area (Å²) >= 11 is 0. The predicted octanol–water partition coefficient (Wildman–Crippen LogP) is 4.03. The average molecular weight is 402 g/mol. The van der Waals surface area contributed by atoms with Gasteiger partial charge in [-0.3, -0.25) is 4.79 Å². The third kappa shape index (κ3) is 2.80. The highest BCUT2D eigenvalue weighted by atomic mass is 79.9. The van der Waals surface area contributed by atoms with Crippen LogP contribution in [0.2, 0.25) is 0 Å². The number of benzene rings is 1. The van der Waals surface area contributed by atoms with E-state index in [-0.39, 0.29) is 22.9 Å². The van der Waals surface area contributed by atoms with Crippen LogP contribution in [0.15, 0.2) is 36.5 Å². The van der Waals surface area contributed by atoms with Crippen molar-refractivity contribution >= 4 is 34.2 Å². The largest absolute Gasteiger partial charge is 0.495 e. The van der Waals surface area contributed by atoms with E-state index < -0.39 is 0 Å². The molecule has 0 saturated heterocycles. The zero-order chi connectivity index (χ0) is 16.7. The minimum atomic E-state index is 0. The van der Waals surface area contributed by atoms with Crippen molar-refractivity contribution in [1.82, 2.24) is 9.38 Å². The molecule has 25 heavy (non-hydrogen) atoms. The molecule has 0 saturated carbocycles. The van der Waals surface area contributed by atoms with E-state index in [4.69, 9.17) is 9.72 Å². The summed E-state index contributed by atoms with van der Waals surface area (Å²) in [6, 6.07) is 9.98. The van der Waals surface area contributed by atoms with Gasteiger partial charge in [-0.15, -0.1) is 17.0 Å². The Morgan fingerprint density at radius 2 is 2.08 bits per heavy atom. The number of hydrogen-bond acceptors (Lipinski definition) is 3. The van der Waals surface area contributed by atoms with Gasteiger partial charge in [0.05, 0.1) is 24.2 Å². The fraction of sp³-hybridized carbons (Fsp3) is 0.263. The molecule has 0 fully saturated rings. The average Bonchev–Trinajstić information content (AvgIpc) is 2.98. The summed E-state index contributed by atoms with van der Waals surface area (Å²) < 4.78 is 7.56. The standard InChI is InChI=1S/C19H19N3O2.BrH/c1-3-14-18(20-16-6-4-5-11-22(14)16)12-7-9-15(24-2)19-13(12)8-10-17(23)21-19;/h4-7,9,11H,3,8,10H2,1-2H3,(H,21,23);1H. The number of nitrogens with one attached hydrogen (secondary N) is 1. The summed E-state index contributed by atoms with van der Waals surface area (Å²) in [4.78, 5) is 16.7. The van der Waals surface area contributed by atoms with Crippen molar-refractivity contribution in [3.8, 4) is 17.0 Å². The minimum Gasteiger partial charge on any atom is -0.495 e. The number of aryl methyl sites for hydroxylation is 1. The Labute approximate surface area is 156 Å². The fourth-order valence-corrected chi connectivity index (χ4v) is 3.46. The SMILES string of the molecule is Br.CCc1c(-c2ccc(OC)c3c2CCC(=O)N3)nc2ccccn12. The molecular weight excluding hydrogens is 382 g/mol. The molecule has 4 rings (SSSR count). The van der Waals surface area contributed by atoms with Gasteiger partial charge in [-0.2, -0.15) is 0 Å². The molecule has 3 aromatic rings. The summed E-state index contributed by atoms with van der Waals surface area (Å²) in [5.74, 6) is 0.729. The van der Waals surface area contributed by atoms with Gasteiger partial charge in [0.15, 0.2) is 0 Å². The first kappa shape index (κ1) is 17.5. The monoisotopic (exact) mass is 401 g/mol. The lowest BCUT2D eigenvalue weighted by molar-refractivity contribution is -0.116. The Morgan fingerprint density at radius 3 is 2.84 bits per heavy atom. The van der Waals surface area contributed by atoms with Crippen LogP contribution >= 0.6 is 17.0 Å². The van der Waals surface area contributed by atoms with Gasteiger partial charge in [-0.25, -0.2) is 4.98 Å². The number of nitrogens with zero attached hydrogens (tertiary/aromatic N) is 2. The maximum atomic E-state index is 11.8. The van der Waals surface area contributed by atoms with E-state index in [1.54, 1.807) is 7.11 Å². The van der Waals surface area contributed by atoms with Gasteiger partial charge in [-0.1, -0.05) is 13.0 Å². The number of anilines is 1. The highest BCUT2D eigenvalue weighted by Crippen LogP contribution is 2.40. The first-order chi connectivity index (χ1) is 11.7. The van der Waals surface area contributed by atoms with E-state index in [1.165, 1.54) is 5.69 Å². The third-order valence-electron chi connectivity index (χ3n) is 4.58. The summed E-state index contributed by atoms with van der Waals surface area (Å²) in [7, 11) is 1.62. The number of amides is 1. The Hall–Kier alpha value is -2.34. The second kappa shape index (κ2) is 6.88. The molecule has 2 aromatic heterocycles. The predicted molar refractivity (Wildman–Crippen MR) is 104 cm³/mol. The molecule has 1 aromatic carbocycles. The molecule has 1 N–H and O–H groups in total. The number of fused-ring (bicyclic) bond motifs is 2. The van der Waals surface area contributed by atoms with Gasteiger partial charge in [0.1, 0.15) is 11.4 Å². The van der Waals surface area contributed by atoms with Crippen molar-refractivity contribution < 1.29 is 9.53 Å². The molecule has 0 atom stereocenters. The summed E-state index contributed by atoms with van der Waals surface area (Å²) in [5.41, 5.74) is 6.06. The molecule has 0 spiro atoms. The lowest BCUT2D eigenvalue weighted by Crippen LogP contribution is -2.20. The minimum absolute atomic E-state index is 0. The lowest BCUT2D eigenvalue weighted by atomic mass is 9.93. The van der Waals surface area contributed by atoms with Crippen LogP contribution in [0.1, 0.15) is 24.6 Å². The molecular formula is C19H20BrN3O2. The Balaban J connectivity index is 0.00000182. The van der Waals surface area contributed by atoms with Crippen LogP contribution in [0.3, 0.4) is 0 Å². The lowest BCUT2D eigenvalue weighted by Gasteiger charge is -2.22. The van der Waals surface area contributed by atoms with E-state index in [0.29, 0.717) is 18.6 Å². The van der Waals surface area contributed by atoms with Crippen LogP contribution in [-0.4, -0.2) is 22.4 Å². The van der Waals surface area contributed by atoms with Crippen LogP contribution in [-0.2, 0) is 17.6 Å². The molecule has 3 heterocycles. The second-order valence-corrected chi connectivity index (χ2v) is 5.91. The van der Waals surface area contributed by atoms with Gasteiger partial charge in [0.25, 0.3) is 0 Å². The number of rotatable bonds is 3. The van der Waals surface area contributed by atoms with E-state index in [1.807, 2.05) is 30.5 Å². The number of imidazole rings is 1. The zero-order valence-electron chi connectivity index (χ0n) is 14.2. The molecule has 5 nitrogen and oxygen atoms in total. The van der Waals surface area contributed by atoms with E-state index in [9.17, 15) is 4.79 Å². The molecule has 1 amide bonds. The van der Waals surface area contributed by atoms with Crippen molar-refractivity contribution in [3.05, 3.63) is 47.8 Å². The van der Waals surface area contributed by atoms with E-state index in [2.05, 4.69) is 22.7 Å². The van der Waals surface area contributed by atoms with Crippen LogP contribution in [0.4, 0.5) is 5.69 Å². The molecule has 0 aliphatic carbocycles. The highest BCUT2D eigenvalue weighted by molar-refractivity contribution is 8.93. The van der Waals surface area contributed by atoms with Crippen molar-refractivity contribution in [2.45, 2.75) is 26.2 Å². The van der Waals surface area contributed by atoms with Crippen LogP contribution in [0, 0.1) is 0 Å². The first-order valence-corrected chi connectivity index (χ1v) is 8.19. The Bertz CT molecular complexity index is 949. The third-order valence-corrected chi connectivity index (χ3v) is 4.58. The van der Waals surface area contributed by atoms with Gasteiger partial charge < -0.3 is 14.5 Å². The number of ether oxygens (including phenoxy) is 1. The Kier molecular flexibility index (Phi) is 4.81. The topological polar surface area (TPSA) is 55.6 Å². The summed E-state index contributed by atoms with van der Waals surface area (Å²) in [6.45, 7) is 2.14. The van der Waals surface area contributed by atoms with Crippen molar-refractivity contribution in [3.63, 3.8) is 0 Å². The van der Waals surface area contributed by atoms with Crippen molar-refractivity contribution in [2.24, 2.45) is 0 Å². The number of aromatic nitrogens is 2. The van der Waals surface area contributed by atoms with E-state index in [0.717, 1.165) is 34.6 Å². The van der Waals surface area contributed by atoms with Gasteiger partial charge in [0.2, 0.25) is 5.91 Å². The maximum Gasteiger partial charge on any atom is 0.224 e. The number of halogens is 1. The number of carbonyl (C=O) groups is 1. The molecule has 130 valence electrons. The maximum absolute atomic E-state index is 11.8. The van der Waals surface area contributed by atoms with Crippen molar-refractivity contribution in [1.29, 1.82) is 0 Å². The second-order valence-electron chi connectivity index (χ2n) is 5.91. The summed E-state index contributed by atoms with van der Waals surface area (Å²) in [6.07, 6.45) is 4.11. The summed E-state index contributed by atoms with van der Waals surface area (Å²) in [5, 5.41) is 2.96. The number of methoxy groups -OCH3 is 1. The fourth-order valence-electron chi connectivity index (χ4n) is 3.46. The van der Waals surface area contributed by atoms with Gasteiger partial charge >= 0.3 is 0 Å². The van der Waals surface area contributed by atoms with Crippen LogP contribution < -0.4 is 10.1 Å².